The molecular weight excluding hydrogens is 248 g/mol. The molecular formula is C13H16N2O4. The molecule has 0 radical (unpaired) electrons. The van der Waals surface area contributed by atoms with Gasteiger partial charge in [-0.25, -0.2) is 4.79 Å². The van der Waals surface area contributed by atoms with Crippen molar-refractivity contribution in [1.29, 1.82) is 0 Å². The molecule has 3 rings (SSSR count). The number of ether oxygens (including phenoxy) is 3. The highest BCUT2D eigenvalue weighted by molar-refractivity contribution is 5.90. The number of carbonyl (C=O) groups excluding carboxylic acids is 1. The van der Waals surface area contributed by atoms with Crippen LogP contribution in [0, 0.1) is 0 Å². The zero-order chi connectivity index (χ0) is 13.2. The SMILES string of the molecule is CNCC1CN(c2ccc3c(c2)OCCO3)C(=O)O1. The van der Waals surface area contributed by atoms with Gasteiger partial charge in [0.15, 0.2) is 11.5 Å². The van der Waals surface area contributed by atoms with Crippen LogP contribution in [0.2, 0.25) is 0 Å². The molecule has 2 heterocycles. The van der Waals surface area contributed by atoms with Crippen molar-refractivity contribution in [3.05, 3.63) is 18.2 Å². The van der Waals surface area contributed by atoms with E-state index in [1.165, 1.54) is 0 Å². The molecule has 6 heteroatoms. The van der Waals surface area contributed by atoms with E-state index >= 15 is 0 Å². The lowest BCUT2D eigenvalue weighted by Crippen LogP contribution is -2.29. The minimum absolute atomic E-state index is 0.120. The standard InChI is InChI=1S/C13H16N2O4/c1-14-7-10-8-15(13(16)19-10)9-2-3-11-12(6-9)18-5-4-17-11/h2-3,6,10,14H,4-5,7-8H2,1H3. The van der Waals surface area contributed by atoms with Crippen LogP contribution in [0.4, 0.5) is 10.5 Å². The fourth-order valence-corrected chi connectivity index (χ4v) is 2.27. The maximum atomic E-state index is 11.8. The lowest BCUT2D eigenvalue weighted by molar-refractivity contribution is 0.141. The van der Waals surface area contributed by atoms with Crippen LogP contribution >= 0.6 is 0 Å². The molecule has 0 aromatic heterocycles. The van der Waals surface area contributed by atoms with Gasteiger partial charge in [0.2, 0.25) is 0 Å². The fourth-order valence-electron chi connectivity index (χ4n) is 2.27. The van der Waals surface area contributed by atoms with Gasteiger partial charge < -0.3 is 19.5 Å². The number of hydrogen-bond acceptors (Lipinski definition) is 5. The molecule has 1 amide bonds. The second-order valence-corrected chi connectivity index (χ2v) is 4.50. The average Bonchev–Trinajstić information content (AvgIpc) is 2.79. The summed E-state index contributed by atoms with van der Waals surface area (Å²) in [6.45, 7) is 2.28. The van der Waals surface area contributed by atoms with E-state index in [9.17, 15) is 4.79 Å². The smallest absolute Gasteiger partial charge is 0.414 e. The van der Waals surface area contributed by atoms with Gasteiger partial charge in [0.25, 0.3) is 0 Å². The third kappa shape index (κ3) is 2.31. The van der Waals surface area contributed by atoms with Gasteiger partial charge in [0.1, 0.15) is 19.3 Å². The Morgan fingerprint density at radius 2 is 2.11 bits per heavy atom. The van der Waals surface area contributed by atoms with Crippen molar-refractivity contribution in [3.8, 4) is 11.5 Å². The van der Waals surface area contributed by atoms with E-state index < -0.39 is 0 Å². The maximum Gasteiger partial charge on any atom is 0.414 e. The summed E-state index contributed by atoms with van der Waals surface area (Å²) >= 11 is 0. The summed E-state index contributed by atoms with van der Waals surface area (Å²) in [5.74, 6) is 1.39. The lowest BCUT2D eigenvalue weighted by atomic mass is 10.2. The van der Waals surface area contributed by atoms with E-state index in [0.29, 0.717) is 37.8 Å². The fraction of sp³-hybridized carbons (Fsp3) is 0.462. The largest absolute Gasteiger partial charge is 0.486 e. The number of anilines is 1. The van der Waals surface area contributed by atoms with Crippen molar-refractivity contribution in [2.75, 3.05) is 38.3 Å². The maximum absolute atomic E-state index is 11.8. The number of nitrogens with zero attached hydrogens (tertiary/aromatic N) is 1. The summed E-state index contributed by atoms with van der Waals surface area (Å²) in [4.78, 5) is 13.4. The molecule has 1 N–H and O–H groups in total. The Balaban J connectivity index is 1.80. The lowest BCUT2D eigenvalue weighted by Gasteiger charge is -2.20. The first kappa shape index (κ1) is 12.1. The molecule has 102 valence electrons. The van der Waals surface area contributed by atoms with Gasteiger partial charge in [-0.1, -0.05) is 0 Å². The molecule has 0 bridgehead atoms. The average molecular weight is 264 g/mol. The van der Waals surface area contributed by atoms with E-state index in [1.807, 2.05) is 25.2 Å². The van der Waals surface area contributed by atoms with Gasteiger partial charge in [-0.05, 0) is 19.2 Å². The second kappa shape index (κ2) is 4.97. The molecule has 1 aromatic rings. The Kier molecular flexibility index (Phi) is 3.16. The summed E-state index contributed by atoms with van der Waals surface area (Å²) < 4.78 is 16.2. The van der Waals surface area contributed by atoms with E-state index in [0.717, 1.165) is 5.69 Å². The Morgan fingerprint density at radius 3 is 2.89 bits per heavy atom. The number of likely N-dealkylation sites (N-methyl/N-ethyl adjacent to an activating group) is 1. The highest BCUT2D eigenvalue weighted by Gasteiger charge is 2.32. The number of cyclic esters (lactones) is 1. The zero-order valence-electron chi connectivity index (χ0n) is 10.7. The molecule has 0 spiro atoms. The Bertz CT molecular complexity index is 492. The highest BCUT2D eigenvalue weighted by atomic mass is 16.6. The summed E-state index contributed by atoms with van der Waals surface area (Å²) in [6, 6.07) is 5.48. The quantitative estimate of drug-likeness (QED) is 0.882. The monoisotopic (exact) mass is 264 g/mol. The van der Waals surface area contributed by atoms with Gasteiger partial charge in [-0.3, -0.25) is 4.90 Å². The zero-order valence-corrected chi connectivity index (χ0v) is 10.7. The van der Waals surface area contributed by atoms with Crippen molar-refractivity contribution >= 4 is 11.8 Å². The molecule has 0 saturated carbocycles. The highest BCUT2D eigenvalue weighted by Crippen LogP contribution is 2.35. The summed E-state index contributed by atoms with van der Waals surface area (Å²) in [7, 11) is 1.83. The first-order valence-electron chi connectivity index (χ1n) is 6.30. The van der Waals surface area contributed by atoms with Crippen LogP contribution in [0.25, 0.3) is 0 Å². The molecule has 0 aliphatic carbocycles. The Hall–Kier alpha value is -1.95. The molecule has 6 nitrogen and oxygen atoms in total. The molecule has 1 atom stereocenters. The number of rotatable bonds is 3. The van der Waals surface area contributed by atoms with Crippen molar-refractivity contribution in [2.24, 2.45) is 0 Å². The van der Waals surface area contributed by atoms with Crippen molar-refractivity contribution in [2.45, 2.75) is 6.10 Å². The van der Waals surface area contributed by atoms with Crippen molar-refractivity contribution in [3.63, 3.8) is 0 Å². The predicted octanol–water partition coefficient (Wildman–Crippen LogP) is 1.00. The van der Waals surface area contributed by atoms with E-state index in [1.54, 1.807) is 4.90 Å². The first-order valence-corrected chi connectivity index (χ1v) is 6.30. The van der Waals surface area contributed by atoms with Gasteiger partial charge in [-0.2, -0.15) is 0 Å². The minimum Gasteiger partial charge on any atom is -0.486 e. The number of amides is 1. The van der Waals surface area contributed by atoms with Gasteiger partial charge in [0.05, 0.1) is 12.2 Å². The van der Waals surface area contributed by atoms with Gasteiger partial charge in [-0.15, -0.1) is 0 Å². The normalized spacial score (nSPS) is 21.4. The Labute approximate surface area is 111 Å². The van der Waals surface area contributed by atoms with Crippen LogP contribution in [0.15, 0.2) is 18.2 Å². The third-order valence-corrected chi connectivity index (χ3v) is 3.14. The summed E-state index contributed by atoms with van der Waals surface area (Å²) in [5, 5.41) is 3.00. The molecule has 1 aromatic carbocycles. The van der Waals surface area contributed by atoms with Crippen molar-refractivity contribution in [1.82, 2.24) is 5.32 Å². The van der Waals surface area contributed by atoms with Crippen LogP contribution in [-0.2, 0) is 4.74 Å². The van der Waals surface area contributed by atoms with Gasteiger partial charge in [0, 0.05) is 12.6 Å². The Morgan fingerprint density at radius 1 is 1.32 bits per heavy atom. The number of benzene rings is 1. The van der Waals surface area contributed by atoms with Crippen molar-refractivity contribution < 1.29 is 19.0 Å². The molecule has 2 aliphatic rings. The van der Waals surface area contributed by atoms with Crippen LogP contribution in [0.5, 0.6) is 11.5 Å². The molecule has 2 aliphatic heterocycles. The van der Waals surface area contributed by atoms with Crippen LogP contribution < -0.4 is 19.7 Å². The molecule has 1 unspecified atom stereocenters. The van der Waals surface area contributed by atoms with Gasteiger partial charge >= 0.3 is 6.09 Å². The minimum atomic E-state index is -0.322. The van der Waals surface area contributed by atoms with E-state index in [-0.39, 0.29) is 12.2 Å². The summed E-state index contributed by atoms with van der Waals surface area (Å²) in [6.07, 6.45) is -0.442. The predicted molar refractivity (Wildman–Crippen MR) is 69.0 cm³/mol. The van der Waals surface area contributed by atoms with Crippen LogP contribution in [0.1, 0.15) is 0 Å². The topological polar surface area (TPSA) is 60.0 Å². The van der Waals surface area contributed by atoms with Crippen LogP contribution in [0.3, 0.4) is 0 Å². The number of carbonyl (C=O) groups is 1. The molecule has 19 heavy (non-hydrogen) atoms. The molecule has 1 fully saturated rings. The van der Waals surface area contributed by atoms with Crippen LogP contribution in [-0.4, -0.2) is 45.5 Å². The second-order valence-electron chi connectivity index (χ2n) is 4.50. The third-order valence-electron chi connectivity index (χ3n) is 3.14. The van der Waals surface area contributed by atoms with E-state index in [2.05, 4.69) is 5.32 Å². The summed E-state index contributed by atoms with van der Waals surface area (Å²) in [5.41, 5.74) is 0.771. The number of nitrogens with one attached hydrogen (secondary N) is 1. The first-order chi connectivity index (χ1) is 9.28. The number of hydrogen-bond donors (Lipinski definition) is 1. The molecule has 1 saturated heterocycles. The number of fused-ring (bicyclic) bond motifs is 1. The van der Waals surface area contributed by atoms with E-state index in [4.69, 9.17) is 14.2 Å².